The van der Waals surface area contributed by atoms with Crippen molar-refractivity contribution in [1.29, 1.82) is 0 Å². The summed E-state index contributed by atoms with van der Waals surface area (Å²) in [7, 11) is 0. The summed E-state index contributed by atoms with van der Waals surface area (Å²) in [4.78, 5) is 60.9. The highest BCUT2D eigenvalue weighted by molar-refractivity contribution is 5.91. The third kappa shape index (κ3) is 9.00. The second-order valence-electron chi connectivity index (χ2n) is 14.5. The van der Waals surface area contributed by atoms with Crippen LogP contribution in [0.2, 0.25) is 0 Å². The molecule has 0 unspecified atom stereocenters. The number of hydrogen-bond donors (Lipinski definition) is 2. The van der Waals surface area contributed by atoms with Crippen LogP contribution in [-0.4, -0.2) is 119 Å². The number of hydrogen-bond acceptors (Lipinski definition) is 8. The van der Waals surface area contributed by atoms with Crippen molar-refractivity contribution >= 4 is 29.7 Å². The number of nitrogens with zero attached hydrogens (tertiary/aromatic N) is 4. The molecule has 1 atom stereocenters. The Morgan fingerprint density at radius 1 is 0.865 bits per heavy atom. The number of anilines is 1. The highest BCUT2D eigenvalue weighted by atomic mass is 16.6. The molecule has 0 saturated carbocycles. The molecule has 0 radical (unpaired) electrons. The Kier molecular flexibility index (Phi) is 13.1. The Morgan fingerprint density at radius 2 is 1.48 bits per heavy atom. The van der Waals surface area contributed by atoms with E-state index in [-0.39, 0.29) is 49.5 Å². The Morgan fingerprint density at radius 3 is 2.13 bits per heavy atom. The van der Waals surface area contributed by atoms with Crippen molar-refractivity contribution in [3.8, 4) is 5.75 Å². The Bertz CT molecular complexity index is 1550. The Labute approximate surface area is 308 Å². The van der Waals surface area contributed by atoms with E-state index in [0.29, 0.717) is 69.3 Å². The molecule has 2 aromatic carbocycles. The minimum Gasteiger partial charge on any atom is -0.507 e. The summed E-state index contributed by atoms with van der Waals surface area (Å²) in [6.07, 6.45) is 3.90. The van der Waals surface area contributed by atoms with Gasteiger partial charge in [0.25, 0.3) is 5.91 Å². The van der Waals surface area contributed by atoms with Gasteiger partial charge in [-0.25, -0.2) is 9.59 Å². The van der Waals surface area contributed by atoms with E-state index < -0.39 is 12.2 Å². The average Bonchev–Trinajstić information content (AvgIpc) is 3.31. The molecule has 12 heteroatoms. The zero-order chi connectivity index (χ0) is 36.1. The molecule has 6 rings (SSSR count). The van der Waals surface area contributed by atoms with Crippen molar-refractivity contribution < 1.29 is 33.8 Å². The molecule has 0 aromatic heterocycles. The fourth-order valence-corrected chi connectivity index (χ4v) is 8.27. The van der Waals surface area contributed by atoms with Crippen molar-refractivity contribution in [3.05, 3.63) is 58.7 Å². The third-order valence-electron chi connectivity index (χ3n) is 11.2. The number of aromatic hydroxyl groups is 1. The quantitative estimate of drug-likeness (QED) is 0.342. The molecule has 0 spiro atoms. The number of para-hydroxylation sites is 1. The maximum atomic E-state index is 14.1. The lowest BCUT2D eigenvalue weighted by molar-refractivity contribution is -0.150. The van der Waals surface area contributed by atoms with E-state index in [9.17, 15) is 24.3 Å². The smallest absolute Gasteiger partial charge is 0.410 e. The van der Waals surface area contributed by atoms with Crippen molar-refractivity contribution in [3.63, 3.8) is 0 Å². The number of rotatable bonds is 8. The van der Waals surface area contributed by atoms with Crippen LogP contribution < -0.4 is 5.32 Å². The molecule has 4 aliphatic heterocycles. The number of urea groups is 1. The molecule has 4 amide bonds. The molecule has 4 heterocycles. The number of amides is 4. The van der Waals surface area contributed by atoms with Crippen molar-refractivity contribution in [1.82, 2.24) is 19.6 Å². The Balaban J connectivity index is 0.00000523. The normalized spacial score (nSPS) is 19.9. The molecule has 284 valence electrons. The molecule has 3 saturated heterocycles. The van der Waals surface area contributed by atoms with E-state index in [4.69, 9.17) is 9.47 Å². The van der Waals surface area contributed by atoms with E-state index in [1.807, 2.05) is 67.0 Å². The zero-order valence-electron chi connectivity index (χ0n) is 30.3. The number of aryl methyl sites for hydroxylation is 2. The number of esters is 1. The number of likely N-dealkylation sites (tertiary alicyclic amines) is 3. The number of fused-ring (bicyclic) bond motifs is 1. The number of ether oxygens (including phenoxy) is 2. The van der Waals surface area contributed by atoms with Crippen molar-refractivity contribution in [2.45, 2.75) is 97.8 Å². The maximum absolute atomic E-state index is 14.1. The molecular weight excluding hydrogens is 662 g/mol. The number of benzene rings is 2. The predicted molar refractivity (Wildman–Crippen MR) is 199 cm³/mol. The molecular formula is C40H57N5O7. The van der Waals surface area contributed by atoms with E-state index in [1.165, 1.54) is 0 Å². The van der Waals surface area contributed by atoms with Crippen molar-refractivity contribution in [2.75, 3.05) is 57.7 Å². The van der Waals surface area contributed by atoms with Gasteiger partial charge in [0.05, 0.1) is 12.5 Å². The largest absolute Gasteiger partial charge is 0.507 e. The fourth-order valence-electron chi connectivity index (χ4n) is 8.27. The van der Waals surface area contributed by atoms with E-state index in [0.717, 1.165) is 62.0 Å². The average molecular weight is 720 g/mol. The lowest BCUT2D eigenvalue weighted by Gasteiger charge is -2.42. The van der Waals surface area contributed by atoms with Crippen LogP contribution in [0.4, 0.5) is 15.3 Å². The highest BCUT2D eigenvalue weighted by Crippen LogP contribution is 2.29. The number of nitrogens with one attached hydrogen (secondary N) is 1. The summed E-state index contributed by atoms with van der Waals surface area (Å²) in [5.41, 5.74) is 4.19. The van der Waals surface area contributed by atoms with Crippen LogP contribution >= 0.6 is 0 Å². The molecule has 2 aromatic rings. The summed E-state index contributed by atoms with van der Waals surface area (Å²) in [5.74, 6) is -0.126. The van der Waals surface area contributed by atoms with Gasteiger partial charge in [0, 0.05) is 56.9 Å². The SMILES string of the molecule is C.CCOC(=O)C1CCN(C2CCN(C(=O)[C@@H](Cc3cc(C)c(O)c(C)c3)OC(=O)N3CCC(N4CCc5ccccc5NC4=O)CC3)CC2)CC1. The summed E-state index contributed by atoms with van der Waals surface area (Å²) in [5, 5.41) is 13.4. The first-order valence-corrected chi connectivity index (χ1v) is 18.7. The Hall–Kier alpha value is -4.32. The van der Waals surface area contributed by atoms with Gasteiger partial charge < -0.3 is 39.5 Å². The highest BCUT2D eigenvalue weighted by Gasteiger charge is 2.37. The third-order valence-corrected chi connectivity index (χ3v) is 11.2. The van der Waals surface area contributed by atoms with Crippen LogP contribution in [-0.2, 0) is 31.9 Å². The summed E-state index contributed by atoms with van der Waals surface area (Å²) < 4.78 is 11.3. The lowest BCUT2D eigenvalue weighted by Crippen LogP contribution is -2.53. The molecule has 52 heavy (non-hydrogen) atoms. The van der Waals surface area contributed by atoms with Crippen molar-refractivity contribution in [2.24, 2.45) is 5.92 Å². The van der Waals surface area contributed by atoms with Gasteiger partial charge in [0.2, 0.25) is 0 Å². The van der Waals surface area contributed by atoms with Gasteiger partial charge in [-0.3, -0.25) is 9.59 Å². The molecule has 4 aliphatic rings. The van der Waals surface area contributed by atoms with E-state index >= 15 is 0 Å². The van der Waals surface area contributed by atoms with Crippen LogP contribution in [0.5, 0.6) is 5.75 Å². The monoisotopic (exact) mass is 719 g/mol. The van der Waals surface area contributed by atoms with Gasteiger partial charge in [-0.1, -0.05) is 37.8 Å². The summed E-state index contributed by atoms with van der Waals surface area (Å²) in [6.45, 7) is 10.2. The van der Waals surface area contributed by atoms with E-state index in [1.54, 1.807) is 4.90 Å². The van der Waals surface area contributed by atoms with Crippen LogP contribution in [0.15, 0.2) is 36.4 Å². The number of phenolic OH excluding ortho intramolecular Hbond substituents is 1. The van der Waals surface area contributed by atoms with Crippen LogP contribution in [0.1, 0.15) is 75.1 Å². The molecule has 0 aliphatic carbocycles. The van der Waals surface area contributed by atoms with Gasteiger partial charge in [-0.15, -0.1) is 0 Å². The van der Waals surface area contributed by atoms with E-state index in [2.05, 4.69) is 10.2 Å². The fraction of sp³-hybridized carbons (Fsp3) is 0.600. The number of piperidine rings is 3. The molecule has 0 bridgehead atoms. The second kappa shape index (κ2) is 17.5. The topological polar surface area (TPSA) is 132 Å². The van der Waals surface area contributed by atoms with Gasteiger partial charge in [-0.05, 0) is 107 Å². The van der Waals surface area contributed by atoms with Crippen LogP contribution in [0.25, 0.3) is 0 Å². The van der Waals surface area contributed by atoms with Crippen LogP contribution in [0.3, 0.4) is 0 Å². The molecule has 2 N–H and O–H groups in total. The minimum absolute atomic E-state index is 0. The summed E-state index contributed by atoms with van der Waals surface area (Å²) in [6, 6.07) is 11.8. The molecule has 3 fully saturated rings. The van der Waals surface area contributed by atoms with Gasteiger partial charge >= 0.3 is 18.1 Å². The number of carbonyl (C=O) groups excluding carboxylic acids is 4. The zero-order valence-corrected chi connectivity index (χ0v) is 30.3. The van der Waals surface area contributed by atoms with Gasteiger partial charge in [0.15, 0.2) is 6.10 Å². The predicted octanol–water partition coefficient (Wildman–Crippen LogP) is 5.51. The lowest BCUT2D eigenvalue weighted by atomic mass is 9.93. The molecule has 12 nitrogen and oxygen atoms in total. The number of carbonyl (C=O) groups is 4. The summed E-state index contributed by atoms with van der Waals surface area (Å²) >= 11 is 0. The second-order valence-corrected chi connectivity index (χ2v) is 14.5. The van der Waals surface area contributed by atoms with Gasteiger partial charge in [-0.2, -0.15) is 0 Å². The van der Waals surface area contributed by atoms with Gasteiger partial charge in [0.1, 0.15) is 5.75 Å². The first-order chi connectivity index (χ1) is 24.6. The minimum atomic E-state index is -1.01. The first-order valence-electron chi connectivity index (χ1n) is 18.7. The number of phenols is 1. The van der Waals surface area contributed by atoms with Crippen LogP contribution in [0, 0.1) is 19.8 Å². The first kappa shape index (κ1) is 38.9. The standard InChI is InChI=1S/C39H53N5O7.CH4/c1-4-50-37(47)30-9-16-41(17-10-30)31-12-18-42(19-13-31)36(46)34(25-28-23-26(2)35(45)27(3)24-28)51-39(49)43-20-14-32(15-21-43)44-22-11-29-7-5-6-8-33(29)40-38(44)48;/h5-8,23-24,30-32,34,45H,4,9-22,25H2,1-3H3,(H,40,48);1H4/t34-;/m1./s1. The maximum Gasteiger partial charge on any atom is 0.410 e.